The summed E-state index contributed by atoms with van der Waals surface area (Å²) in [6.07, 6.45) is 4.23. The van der Waals surface area contributed by atoms with Gasteiger partial charge in [-0.1, -0.05) is 61.0 Å². The Labute approximate surface area is 197 Å². The molecular weight excluding hydrogens is 420 g/mol. The number of hydrogen-bond acceptors (Lipinski definition) is 4. The van der Waals surface area contributed by atoms with Gasteiger partial charge in [0.2, 0.25) is 6.41 Å². The molecule has 2 aromatic rings. The average molecular weight is 459 g/mol. The lowest BCUT2D eigenvalue weighted by Gasteiger charge is -2.23. The Bertz CT molecular complexity index is 888. The molecule has 1 aromatic carbocycles. The lowest BCUT2D eigenvalue weighted by atomic mass is 10.1. The van der Waals surface area contributed by atoms with Gasteiger partial charge in [0.25, 0.3) is 5.91 Å². The monoisotopic (exact) mass is 458 g/mol. The number of amides is 2. The van der Waals surface area contributed by atoms with E-state index < -0.39 is 0 Å². The molecule has 7 heteroatoms. The molecule has 1 unspecified atom stereocenters. The number of amidine groups is 1. The zero-order valence-corrected chi connectivity index (χ0v) is 21.6. The van der Waals surface area contributed by atoms with Crippen LogP contribution in [-0.4, -0.2) is 34.3 Å². The van der Waals surface area contributed by atoms with Crippen molar-refractivity contribution in [2.45, 2.75) is 67.0 Å². The highest BCUT2D eigenvalue weighted by Gasteiger charge is 2.21. The molecule has 2 amide bonds. The maximum absolute atomic E-state index is 12.5. The normalized spacial score (nSPS) is 12.6. The second kappa shape index (κ2) is 12.5. The van der Waals surface area contributed by atoms with Gasteiger partial charge < -0.3 is 15.2 Å². The summed E-state index contributed by atoms with van der Waals surface area (Å²) in [7, 11) is 0. The highest BCUT2D eigenvalue weighted by molar-refractivity contribution is 8.13. The molecule has 0 aliphatic carbocycles. The SMILES string of the molecule is CS/C(=N\c1cc(C(=O)NC(C)C(C)C)cn1C(C)(C)C)NC=O.Cc1ccc(C)cc1. The third-order valence-electron chi connectivity index (χ3n) is 4.95. The van der Waals surface area contributed by atoms with Gasteiger partial charge in [0.1, 0.15) is 5.82 Å². The highest BCUT2D eigenvalue weighted by Crippen LogP contribution is 2.27. The van der Waals surface area contributed by atoms with Gasteiger partial charge in [0.05, 0.1) is 5.56 Å². The van der Waals surface area contributed by atoms with Crippen molar-refractivity contribution in [1.82, 2.24) is 15.2 Å². The molecule has 0 bridgehead atoms. The summed E-state index contributed by atoms with van der Waals surface area (Å²) in [5.74, 6) is 0.865. The van der Waals surface area contributed by atoms with E-state index in [1.807, 2.05) is 38.5 Å². The predicted octanol–water partition coefficient (Wildman–Crippen LogP) is 5.42. The largest absolute Gasteiger partial charge is 0.349 e. The quantitative estimate of drug-likeness (QED) is 0.357. The summed E-state index contributed by atoms with van der Waals surface area (Å²) in [6, 6.07) is 10.3. The van der Waals surface area contributed by atoms with Crippen LogP contribution in [0, 0.1) is 19.8 Å². The smallest absolute Gasteiger partial charge is 0.253 e. The zero-order valence-electron chi connectivity index (χ0n) is 20.8. The van der Waals surface area contributed by atoms with Crippen LogP contribution < -0.4 is 10.6 Å². The van der Waals surface area contributed by atoms with E-state index in [2.05, 4.69) is 67.6 Å². The van der Waals surface area contributed by atoms with Crippen LogP contribution in [0.5, 0.6) is 0 Å². The van der Waals surface area contributed by atoms with Gasteiger partial charge in [-0.25, -0.2) is 4.99 Å². The summed E-state index contributed by atoms with van der Waals surface area (Å²) in [5, 5.41) is 6.05. The molecule has 0 spiro atoms. The maximum Gasteiger partial charge on any atom is 0.253 e. The molecule has 1 aromatic heterocycles. The van der Waals surface area contributed by atoms with E-state index >= 15 is 0 Å². The van der Waals surface area contributed by atoms with Crippen LogP contribution in [0.4, 0.5) is 5.82 Å². The Morgan fingerprint density at radius 2 is 1.62 bits per heavy atom. The van der Waals surface area contributed by atoms with E-state index in [1.54, 1.807) is 12.3 Å². The highest BCUT2D eigenvalue weighted by atomic mass is 32.2. The summed E-state index contributed by atoms with van der Waals surface area (Å²) in [4.78, 5) is 27.6. The van der Waals surface area contributed by atoms with Crippen LogP contribution >= 0.6 is 11.8 Å². The van der Waals surface area contributed by atoms with Gasteiger partial charge in [0.15, 0.2) is 5.17 Å². The van der Waals surface area contributed by atoms with Gasteiger partial charge in [-0.15, -0.1) is 0 Å². The minimum atomic E-state index is -0.244. The second-order valence-electron chi connectivity index (χ2n) is 9.17. The van der Waals surface area contributed by atoms with Gasteiger partial charge in [0, 0.05) is 17.8 Å². The van der Waals surface area contributed by atoms with E-state index in [9.17, 15) is 9.59 Å². The Kier molecular flexibility index (Phi) is 10.7. The first-order chi connectivity index (χ1) is 14.9. The zero-order chi connectivity index (χ0) is 24.5. The molecular formula is C25H38N4O2S. The summed E-state index contributed by atoms with van der Waals surface area (Å²) >= 11 is 1.33. The maximum atomic E-state index is 12.5. The Morgan fingerprint density at radius 3 is 2.03 bits per heavy atom. The number of aromatic nitrogens is 1. The first-order valence-corrected chi connectivity index (χ1v) is 12.0. The Balaban J connectivity index is 0.000000533. The molecule has 6 nitrogen and oxygen atoms in total. The number of aliphatic imine (C=N–C) groups is 1. The topological polar surface area (TPSA) is 75.5 Å². The van der Waals surface area contributed by atoms with Crippen molar-refractivity contribution >= 4 is 35.1 Å². The Morgan fingerprint density at radius 1 is 1.09 bits per heavy atom. The van der Waals surface area contributed by atoms with E-state index in [-0.39, 0.29) is 17.5 Å². The van der Waals surface area contributed by atoms with Crippen molar-refractivity contribution in [3.63, 3.8) is 0 Å². The molecule has 1 heterocycles. The molecule has 0 aliphatic heterocycles. The molecule has 0 saturated carbocycles. The van der Waals surface area contributed by atoms with Crippen LogP contribution in [-0.2, 0) is 10.3 Å². The van der Waals surface area contributed by atoms with Gasteiger partial charge in [-0.05, 0) is 59.8 Å². The molecule has 0 aliphatic rings. The number of nitrogens with one attached hydrogen (secondary N) is 2. The number of thioether (sulfide) groups is 1. The molecule has 0 fully saturated rings. The average Bonchev–Trinajstić information content (AvgIpc) is 3.14. The molecule has 176 valence electrons. The Hall–Kier alpha value is -2.54. The lowest BCUT2D eigenvalue weighted by molar-refractivity contribution is -0.108. The van der Waals surface area contributed by atoms with Crippen molar-refractivity contribution in [3.8, 4) is 0 Å². The summed E-state index contributed by atoms with van der Waals surface area (Å²) in [5.41, 5.74) is 2.97. The molecule has 2 rings (SSSR count). The summed E-state index contributed by atoms with van der Waals surface area (Å²) in [6.45, 7) is 16.4. The van der Waals surface area contributed by atoms with Gasteiger partial charge in [-0.3, -0.25) is 9.59 Å². The van der Waals surface area contributed by atoms with Crippen LogP contribution in [0.15, 0.2) is 41.5 Å². The minimum Gasteiger partial charge on any atom is -0.349 e. The number of carbonyl (C=O) groups is 2. The molecule has 2 N–H and O–H groups in total. The predicted molar refractivity (Wildman–Crippen MR) is 137 cm³/mol. The van der Waals surface area contributed by atoms with Gasteiger partial charge in [-0.2, -0.15) is 0 Å². The number of hydrogen-bond donors (Lipinski definition) is 2. The lowest BCUT2D eigenvalue weighted by Crippen LogP contribution is -2.36. The van der Waals surface area contributed by atoms with Crippen molar-refractivity contribution in [2.75, 3.05) is 6.26 Å². The first kappa shape index (κ1) is 27.5. The van der Waals surface area contributed by atoms with Crippen LogP contribution in [0.25, 0.3) is 0 Å². The molecule has 1 atom stereocenters. The number of benzene rings is 1. The summed E-state index contributed by atoms with van der Waals surface area (Å²) < 4.78 is 1.94. The second-order valence-corrected chi connectivity index (χ2v) is 9.97. The third kappa shape index (κ3) is 8.91. The number of aryl methyl sites for hydroxylation is 2. The van der Waals surface area contributed by atoms with E-state index in [1.165, 1.54) is 22.9 Å². The van der Waals surface area contributed by atoms with Crippen molar-refractivity contribution in [3.05, 3.63) is 53.2 Å². The minimum absolute atomic E-state index is 0.0842. The van der Waals surface area contributed by atoms with E-state index in [0.717, 1.165) is 0 Å². The standard InChI is InChI=1S/C17H28N4O2S.C8H10/c1-11(2)12(3)19-15(23)13-8-14(20-16(24-7)18-10-22)21(9-13)17(4,5)6;1-7-3-5-8(2)6-4-7/h8-12H,1-7H3,(H,19,23)(H,18,20,22);3-6H,1-2H3. The third-order valence-corrected chi connectivity index (χ3v) is 5.55. The van der Waals surface area contributed by atoms with E-state index in [4.69, 9.17) is 0 Å². The molecule has 32 heavy (non-hydrogen) atoms. The fraction of sp³-hybridized carbons (Fsp3) is 0.480. The number of carbonyl (C=O) groups excluding carboxylic acids is 2. The van der Waals surface area contributed by atoms with Crippen LogP contribution in [0.1, 0.15) is 63.0 Å². The number of nitrogens with zero attached hydrogens (tertiary/aromatic N) is 2. The molecule has 0 saturated heterocycles. The van der Waals surface area contributed by atoms with E-state index in [0.29, 0.717) is 28.9 Å². The van der Waals surface area contributed by atoms with Crippen molar-refractivity contribution in [1.29, 1.82) is 0 Å². The fourth-order valence-electron chi connectivity index (χ4n) is 2.58. The van der Waals surface area contributed by atoms with Crippen LogP contribution in [0.3, 0.4) is 0 Å². The first-order valence-electron chi connectivity index (χ1n) is 10.8. The fourth-order valence-corrected chi connectivity index (χ4v) is 2.93. The number of rotatable bonds is 5. The van der Waals surface area contributed by atoms with Crippen molar-refractivity contribution < 1.29 is 9.59 Å². The molecule has 0 radical (unpaired) electrons. The van der Waals surface area contributed by atoms with Crippen molar-refractivity contribution in [2.24, 2.45) is 10.9 Å². The van der Waals surface area contributed by atoms with Crippen LogP contribution in [0.2, 0.25) is 0 Å². The van der Waals surface area contributed by atoms with Gasteiger partial charge >= 0.3 is 0 Å².